The van der Waals surface area contributed by atoms with E-state index < -0.39 is 0 Å². The molecule has 3 aromatic heterocycles. The third-order valence-corrected chi connectivity index (χ3v) is 6.32. The van der Waals surface area contributed by atoms with Crippen molar-refractivity contribution in [2.24, 2.45) is 0 Å². The Kier molecular flexibility index (Phi) is 5.13. The number of benzene rings is 1. The van der Waals surface area contributed by atoms with E-state index >= 15 is 0 Å². The van der Waals surface area contributed by atoms with E-state index in [1.807, 2.05) is 17.0 Å². The number of nitrogens with one attached hydrogen (secondary N) is 1. The second-order valence-electron chi connectivity index (χ2n) is 8.47. The average Bonchev–Trinajstić information content (AvgIpc) is 3.44. The lowest BCUT2D eigenvalue weighted by atomic mass is 10.1. The predicted octanol–water partition coefficient (Wildman–Crippen LogP) is 3.18. The van der Waals surface area contributed by atoms with Gasteiger partial charge in [0, 0.05) is 50.0 Å². The van der Waals surface area contributed by atoms with Gasteiger partial charge in [-0.05, 0) is 56.2 Å². The van der Waals surface area contributed by atoms with Gasteiger partial charge < -0.3 is 14.8 Å². The van der Waals surface area contributed by atoms with Crippen molar-refractivity contribution in [3.8, 4) is 11.5 Å². The number of aromatic nitrogens is 5. The third-order valence-electron chi connectivity index (χ3n) is 6.32. The summed E-state index contributed by atoms with van der Waals surface area (Å²) in [7, 11) is 0. The Hall–Kier alpha value is -3.68. The fourth-order valence-corrected chi connectivity index (χ4v) is 4.39. The molecule has 0 aliphatic carbocycles. The number of hydrogen-bond acceptors (Lipinski definition) is 5. The van der Waals surface area contributed by atoms with Crippen LogP contribution in [0.3, 0.4) is 0 Å². The first-order valence-electron chi connectivity index (χ1n) is 10.9. The number of piperazine rings is 1. The van der Waals surface area contributed by atoms with Crippen LogP contribution < -0.4 is 4.90 Å². The highest BCUT2D eigenvalue weighted by molar-refractivity contribution is 5.90. The Morgan fingerprint density at radius 1 is 1.12 bits per heavy atom. The Labute approximate surface area is 186 Å². The van der Waals surface area contributed by atoms with Crippen molar-refractivity contribution in [2.45, 2.75) is 33.4 Å². The number of amides is 1. The molecule has 164 valence electrons. The monoisotopic (exact) mass is 429 g/mol. The number of imidazole rings is 1. The lowest BCUT2D eigenvalue weighted by Gasteiger charge is -2.41. The smallest absolute Gasteiger partial charge is 0.244 e. The number of carbonyl (C=O) groups is 1. The molecule has 32 heavy (non-hydrogen) atoms. The summed E-state index contributed by atoms with van der Waals surface area (Å²) in [6.07, 6.45) is 5.18. The summed E-state index contributed by atoms with van der Waals surface area (Å²) in [6, 6.07) is 10.5. The summed E-state index contributed by atoms with van der Waals surface area (Å²) in [4.78, 5) is 29.5. The van der Waals surface area contributed by atoms with E-state index in [1.165, 1.54) is 16.8 Å². The van der Waals surface area contributed by atoms with Crippen molar-refractivity contribution < 1.29 is 4.79 Å². The summed E-state index contributed by atoms with van der Waals surface area (Å²) >= 11 is 0. The van der Waals surface area contributed by atoms with Gasteiger partial charge in [0.15, 0.2) is 11.5 Å². The molecule has 1 saturated heterocycles. The normalized spacial score (nSPS) is 16.7. The molecular formula is C24H27N7O. The first-order valence-corrected chi connectivity index (χ1v) is 10.9. The Morgan fingerprint density at radius 3 is 2.75 bits per heavy atom. The molecule has 0 radical (unpaired) electrons. The van der Waals surface area contributed by atoms with Crippen LogP contribution in [0, 0.1) is 13.8 Å². The Bertz CT molecular complexity index is 1260. The van der Waals surface area contributed by atoms with Gasteiger partial charge in [0.1, 0.15) is 12.2 Å². The fraction of sp³-hybridized carbons (Fsp3) is 0.333. The lowest BCUT2D eigenvalue weighted by Crippen LogP contribution is -2.54. The van der Waals surface area contributed by atoms with Gasteiger partial charge in [-0.15, -0.1) is 0 Å². The van der Waals surface area contributed by atoms with Crippen molar-refractivity contribution in [3.05, 3.63) is 60.0 Å². The van der Waals surface area contributed by atoms with Crippen molar-refractivity contribution in [3.63, 3.8) is 0 Å². The molecule has 8 nitrogen and oxygen atoms in total. The van der Waals surface area contributed by atoms with Crippen LogP contribution in [-0.4, -0.2) is 61.2 Å². The first-order chi connectivity index (χ1) is 15.5. The number of pyridine rings is 1. The maximum Gasteiger partial charge on any atom is 0.244 e. The fourth-order valence-electron chi connectivity index (χ4n) is 4.39. The van der Waals surface area contributed by atoms with Crippen molar-refractivity contribution in [1.29, 1.82) is 0 Å². The van der Waals surface area contributed by atoms with E-state index in [2.05, 4.69) is 63.9 Å². The number of H-pyrrole nitrogens is 1. The molecule has 1 aromatic carbocycles. The molecule has 1 N–H and O–H groups in total. The van der Waals surface area contributed by atoms with E-state index in [0.29, 0.717) is 23.7 Å². The first kappa shape index (κ1) is 20.2. The zero-order valence-corrected chi connectivity index (χ0v) is 18.6. The SMILES string of the molecule is Cc1ccc(N2CCN(C(=O)Cn3nc(-c4ncc[nH]4)c4cccnc43)C(C)C2)cc1C. The molecule has 1 amide bonds. The van der Waals surface area contributed by atoms with Crippen LogP contribution in [0.4, 0.5) is 5.69 Å². The molecular weight excluding hydrogens is 402 g/mol. The molecule has 1 unspecified atom stereocenters. The predicted molar refractivity (Wildman–Crippen MR) is 124 cm³/mol. The minimum Gasteiger partial charge on any atom is -0.368 e. The summed E-state index contributed by atoms with van der Waals surface area (Å²) in [5.41, 5.74) is 5.20. The zero-order chi connectivity index (χ0) is 22.2. The van der Waals surface area contributed by atoms with Crippen LogP contribution in [0.25, 0.3) is 22.6 Å². The van der Waals surface area contributed by atoms with Crippen LogP contribution in [0.1, 0.15) is 18.1 Å². The van der Waals surface area contributed by atoms with Gasteiger partial charge in [-0.1, -0.05) is 6.07 Å². The molecule has 1 atom stereocenters. The third kappa shape index (κ3) is 3.62. The molecule has 1 aliphatic rings. The largest absolute Gasteiger partial charge is 0.368 e. The van der Waals surface area contributed by atoms with Crippen LogP contribution in [-0.2, 0) is 11.3 Å². The van der Waals surface area contributed by atoms with E-state index in [9.17, 15) is 4.79 Å². The van der Waals surface area contributed by atoms with Gasteiger partial charge in [-0.2, -0.15) is 5.10 Å². The molecule has 8 heteroatoms. The average molecular weight is 430 g/mol. The van der Waals surface area contributed by atoms with Gasteiger partial charge in [0.2, 0.25) is 5.91 Å². The van der Waals surface area contributed by atoms with E-state index in [1.54, 1.807) is 23.3 Å². The second kappa shape index (κ2) is 8.11. The Balaban J connectivity index is 1.34. The zero-order valence-electron chi connectivity index (χ0n) is 18.6. The molecule has 1 aliphatic heterocycles. The molecule has 0 saturated carbocycles. The number of carbonyl (C=O) groups excluding carboxylic acids is 1. The summed E-state index contributed by atoms with van der Waals surface area (Å²) in [6.45, 7) is 8.84. The quantitative estimate of drug-likeness (QED) is 0.539. The van der Waals surface area contributed by atoms with Gasteiger partial charge >= 0.3 is 0 Å². The molecule has 5 rings (SSSR count). The summed E-state index contributed by atoms with van der Waals surface area (Å²) in [5.74, 6) is 0.725. The van der Waals surface area contributed by atoms with Crippen LogP contribution in [0.15, 0.2) is 48.9 Å². The number of aryl methyl sites for hydroxylation is 2. The maximum absolute atomic E-state index is 13.3. The molecule has 4 heterocycles. The maximum atomic E-state index is 13.3. The summed E-state index contributed by atoms with van der Waals surface area (Å²) in [5, 5.41) is 5.55. The number of hydrogen-bond donors (Lipinski definition) is 1. The Morgan fingerprint density at radius 2 is 2.00 bits per heavy atom. The topological polar surface area (TPSA) is 82.9 Å². The van der Waals surface area contributed by atoms with Gasteiger partial charge in [-0.3, -0.25) is 4.79 Å². The standard InChI is InChI=1S/C24H27N7O/c1-16-6-7-19(13-17(16)2)29-11-12-30(18(3)14-29)21(32)15-31-24-20(5-4-8-27-24)22(28-31)23-25-9-10-26-23/h4-10,13,18H,11-12,14-15H2,1-3H3,(H,25,26). The summed E-state index contributed by atoms with van der Waals surface area (Å²) < 4.78 is 1.69. The van der Waals surface area contributed by atoms with Gasteiger partial charge in [0.05, 0.1) is 5.39 Å². The minimum atomic E-state index is 0.0540. The van der Waals surface area contributed by atoms with Crippen LogP contribution >= 0.6 is 0 Å². The molecule has 0 bridgehead atoms. The molecule has 1 fully saturated rings. The van der Waals surface area contributed by atoms with E-state index in [4.69, 9.17) is 0 Å². The highest BCUT2D eigenvalue weighted by Gasteiger charge is 2.28. The van der Waals surface area contributed by atoms with Crippen molar-refractivity contribution in [1.82, 2.24) is 29.6 Å². The van der Waals surface area contributed by atoms with Gasteiger partial charge in [-0.25, -0.2) is 14.6 Å². The molecule has 4 aromatic rings. The minimum absolute atomic E-state index is 0.0540. The number of anilines is 1. The number of aromatic amines is 1. The number of fused-ring (bicyclic) bond motifs is 1. The second-order valence-corrected chi connectivity index (χ2v) is 8.47. The number of rotatable bonds is 4. The lowest BCUT2D eigenvalue weighted by molar-refractivity contribution is -0.134. The highest BCUT2D eigenvalue weighted by Crippen LogP contribution is 2.25. The highest BCUT2D eigenvalue weighted by atomic mass is 16.2. The van der Waals surface area contributed by atoms with Crippen molar-refractivity contribution in [2.75, 3.05) is 24.5 Å². The van der Waals surface area contributed by atoms with Crippen molar-refractivity contribution >= 4 is 22.6 Å². The van der Waals surface area contributed by atoms with E-state index in [0.717, 1.165) is 18.5 Å². The van der Waals surface area contributed by atoms with Gasteiger partial charge in [0.25, 0.3) is 0 Å². The molecule has 0 spiro atoms. The van der Waals surface area contributed by atoms with Crippen LogP contribution in [0.2, 0.25) is 0 Å². The van der Waals surface area contributed by atoms with Crippen LogP contribution in [0.5, 0.6) is 0 Å². The van der Waals surface area contributed by atoms with E-state index in [-0.39, 0.29) is 18.5 Å². The number of nitrogens with zero attached hydrogens (tertiary/aromatic N) is 6.